The molecule has 0 bridgehead atoms. The predicted octanol–water partition coefficient (Wildman–Crippen LogP) is 5.14. The Labute approximate surface area is 208 Å². The molecule has 0 N–H and O–H groups in total. The summed E-state index contributed by atoms with van der Waals surface area (Å²) in [5.74, 6) is -0.420. The van der Waals surface area contributed by atoms with Crippen molar-refractivity contribution < 1.29 is 18.0 Å². The van der Waals surface area contributed by atoms with Gasteiger partial charge in [0.2, 0.25) is 0 Å². The molecule has 5 rings (SSSR count). The Morgan fingerprint density at radius 1 is 0.943 bits per heavy atom. The predicted molar refractivity (Wildman–Crippen MR) is 129 cm³/mol. The lowest BCUT2D eigenvalue weighted by molar-refractivity contribution is -0.142. The molecule has 35 heavy (non-hydrogen) atoms. The quantitative estimate of drug-likeness (QED) is 0.358. The van der Waals surface area contributed by atoms with Gasteiger partial charge in [-0.2, -0.15) is 18.3 Å². The molecule has 0 radical (unpaired) electrons. The van der Waals surface area contributed by atoms with Crippen molar-refractivity contribution in [3.63, 3.8) is 0 Å². The zero-order chi connectivity index (χ0) is 24.6. The van der Waals surface area contributed by atoms with Gasteiger partial charge in [-0.1, -0.05) is 60.7 Å². The molecule has 1 aliphatic heterocycles. The molecular weight excluding hydrogens is 523 g/mol. The monoisotopic (exact) mass is 543 g/mol. The SMILES string of the molecule is O=C(c1nn2c(C(F)(F)F)cc(-c3ccccc3)nc2c1Br)N1CCN(Cc2ccccc2)CC1. The molecule has 1 aliphatic rings. The van der Waals surface area contributed by atoms with E-state index in [2.05, 4.69) is 43.0 Å². The minimum atomic E-state index is -4.68. The molecule has 2 aromatic carbocycles. The maximum atomic E-state index is 13.9. The minimum absolute atomic E-state index is 0.0512. The molecule has 1 fully saturated rings. The van der Waals surface area contributed by atoms with Crippen LogP contribution in [0.3, 0.4) is 0 Å². The van der Waals surface area contributed by atoms with Gasteiger partial charge < -0.3 is 4.90 Å². The lowest BCUT2D eigenvalue weighted by Gasteiger charge is -2.34. The van der Waals surface area contributed by atoms with Gasteiger partial charge in [0, 0.05) is 38.3 Å². The molecule has 6 nitrogen and oxygen atoms in total. The van der Waals surface area contributed by atoms with Crippen LogP contribution >= 0.6 is 15.9 Å². The molecule has 1 amide bonds. The van der Waals surface area contributed by atoms with Crippen LogP contribution in [0.15, 0.2) is 71.2 Å². The fourth-order valence-corrected chi connectivity index (χ4v) is 4.69. The van der Waals surface area contributed by atoms with Gasteiger partial charge in [-0.15, -0.1) is 0 Å². The molecule has 0 aliphatic carbocycles. The summed E-state index contributed by atoms with van der Waals surface area (Å²) in [6.07, 6.45) is -4.68. The molecule has 4 aromatic rings. The van der Waals surface area contributed by atoms with Gasteiger partial charge in [-0.25, -0.2) is 9.50 Å². The van der Waals surface area contributed by atoms with Crippen molar-refractivity contribution in [2.24, 2.45) is 0 Å². The van der Waals surface area contributed by atoms with E-state index in [1.165, 1.54) is 5.56 Å². The number of halogens is 4. The van der Waals surface area contributed by atoms with E-state index < -0.39 is 17.8 Å². The highest BCUT2D eigenvalue weighted by Crippen LogP contribution is 2.35. The van der Waals surface area contributed by atoms with E-state index >= 15 is 0 Å². The second-order valence-electron chi connectivity index (χ2n) is 8.34. The molecule has 0 saturated carbocycles. The topological polar surface area (TPSA) is 53.7 Å². The van der Waals surface area contributed by atoms with Crippen molar-refractivity contribution in [1.82, 2.24) is 24.4 Å². The molecule has 2 aromatic heterocycles. The zero-order valence-electron chi connectivity index (χ0n) is 18.5. The number of carbonyl (C=O) groups excluding carboxylic acids is 1. The van der Waals surface area contributed by atoms with E-state index in [0.29, 0.717) is 36.3 Å². The van der Waals surface area contributed by atoms with Crippen molar-refractivity contribution in [1.29, 1.82) is 0 Å². The highest BCUT2D eigenvalue weighted by Gasteiger charge is 2.37. The Kier molecular flexibility index (Phi) is 6.33. The highest BCUT2D eigenvalue weighted by atomic mass is 79.9. The summed E-state index contributed by atoms with van der Waals surface area (Å²) in [5.41, 5.74) is 0.758. The number of hydrogen-bond donors (Lipinski definition) is 0. The number of fused-ring (bicyclic) bond motifs is 1. The molecule has 1 saturated heterocycles. The Balaban J connectivity index is 1.43. The summed E-state index contributed by atoms with van der Waals surface area (Å²) in [6.45, 7) is 3.02. The van der Waals surface area contributed by atoms with Crippen molar-refractivity contribution in [2.75, 3.05) is 26.2 Å². The van der Waals surface area contributed by atoms with Crippen LogP contribution in [-0.2, 0) is 12.7 Å². The average Bonchev–Trinajstić information content (AvgIpc) is 3.20. The van der Waals surface area contributed by atoms with Crippen LogP contribution in [0.1, 0.15) is 21.7 Å². The Morgan fingerprint density at radius 3 is 2.20 bits per heavy atom. The van der Waals surface area contributed by atoms with Gasteiger partial charge in [0.05, 0.1) is 10.2 Å². The molecule has 3 heterocycles. The van der Waals surface area contributed by atoms with E-state index in [1.54, 1.807) is 35.2 Å². The van der Waals surface area contributed by atoms with Crippen LogP contribution in [0.4, 0.5) is 13.2 Å². The fraction of sp³-hybridized carbons (Fsp3) is 0.240. The second-order valence-corrected chi connectivity index (χ2v) is 9.14. The standard InChI is InChI=1S/C25H21BrF3N5O/c26-21-22(24(35)33-13-11-32(12-14-33)16-17-7-3-1-4-8-17)31-34-20(25(27,28)29)15-19(30-23(21)34)18-9-5-2-6-10-18/h1-10,15H,11-14,16H2. The summed E-state index contributed by atoms with van der Waals surface area (Å²) in [7, 11) is 0. The smallest absolute Gasteiger partial charge is 0.335 e. The largest absolute Gasteiger partial charge is 0.433 e. The average molecular weight is 544 g/mol. The lowest BCUT2D eigenvalue weighted by atomic mass is 10.1. The van der Waals surface area contributed by atoms with E-state index in [4.69, 9.17) is 0 Å². The first-order chi connectivity index (χ1) is 16.8. The van der Waals surface area contributed by atoms with Gasteiger partial charge in [0.25, 0.3) is 5.91 Å². The first kappa shape index (κ1) is 23.5. The maximum Gasteiger partial charge on any atom is 0.433 e. The van der Waals surface area contributed by atoms with Crippen LogP contribution in [0.5, 0.6) is 0 Å². The number of alkyl halides is 3. The molecular formula is C25H21BrF3N5O. The van der Waals surface area contributed by atoms with E-state index in [-0.39, 0.29) is 21.5 Å². The molecule has 180 valence electrons. The Bertz CT molecular complexity index is 1350. The van der Waals surface area contributed by atoms with Crippen LogP contribution < -0.4 is 0 Å². The third-order valence-corrected chi connectivity index (χ3v) is 6.73. The molecule has 10 heteroatoms. The summed E-state index contributed by atoms with van der Waals surface area (Å²) >= 11 is 3.31. The van der Waals surface area contributed by atoms with Crippen molar-refractivity contribution in [3.05, 3.63) is 88.2 Å². The van der Waals surface area contributed by atoms with Crippen molar-refractivity contribution in [3.8, 4) is 11.3 Å². The number of piperazine rings is 1. The van der Waals surface area contributed by atoms with E-state index in [9.17, 15) is 18.0 Å². The summed E-state index contributed by atoms with van der Waals surface area (Å²) in [5, 5.41) is 4.06. The van der Waals surface area contributed by atoms with Gasteiger partial charge in [-0.05, 0) is 27.6 Å². The number of hydrogen-bond acceptors (Lipinski definition) is 4. The summed E-state index contributed by atoms with van der Waals surface area (Å²) in [6, 6.07) is 19.6. The summed E-state index contributed by atoms with van der Waals surface area (Å²) in [4.78, 5) is 21.5. The second kappa shape index (κ2) is 9.43. The van der Waals surface area contributed by atoms with Crippen LogP contribution in [0.2, 0.25) is 0 Å². The first-order valence-corrected chi connectivity index (χ1v) is 11.9. The van der Waals surface area contributed by atoms with Gasteiger partial charge in [-0.3, -0.25) is 9.69 Å². The Morgan fingerprint density at radius 2 is 1.57 bits per heavy atom. The van der Waals surface area contributed by atoms with Gasteiger partial charge >= 0.3 is 6.18 Å². The third kappa shape index (κ3) is 4.81. The molecule has 0 atom stereocenters. The van der Waals surface area contributed by atoms with Gasteiger partial charge in [0.1, 0.15) is 0 Å². The highest BCUT2D eigenvalue weighted by molar-refractivity contribution is 9.10. The molecule has 0 unspecified atom stereocenters. The summed E-state index contributed by atoms with van der Waals surface area (Å²) < 4.78 is 42.6. The Hall–Kier alpha value is -3.24. The number of nitrogens with zero attached hydrogens (tertiary/aromatic N) is 5. The van der Waals surface area contributed by atoms with Crippen LogP contribution in [0.25, 0.3) is 16.9 Å². The van der Waals surface area contributed by atoms with Gasteiger partial charge in [0.15, 0.2) is 17.0 Å². The molecule has 0 spiro atoms. The first-order valence-electron chi connectivity index (χ1n) is 11.1. The number of rotatable bonds is 4. The number of amides is 1. The number of carbonyl (C=O) groups is 1. The van der Waals surface area contributed by atoms with Crippen molar-refractivity contribution in [2.45, 2.75) is 12.7 Å². The number of aromatic nitrogens is 3. The van der Waals surface area contributed by atoms with Crippen molar-refractivity contribution >= 4 is 27.5 Å². The number of benzene rings is 2. The normalized spacial score (nSPS) is 15.0. The third-order valence-electron chi connectivity index (χ3n) is 6.00. The maximum absolute atomic E-state index is 13.9. The lowest BCUT2D eigenvalue weighted by Crippen LogP contribution is -2.48. The zero-order valence-corrected chi connectivity index (χ0v) is 20.1. The van der Waals surface area contributed by atoms with Crippen LogP contribution in [-0.4, -0.2) is 56.5 Å². The van der Waals surface area contributed by atoms with Crippen LogP contribution in [0, 0.1) is 0 Å². The van der Waals surface area contributed by atoms with E-state index in [1.807, 2.05) is 18.2 Å². The minimum Gasteiger partial charge on any atom is -0.335 e. The fourth-order valence-electron chi connectivity index (χ4n) is 4.19. The van der Waals surface area contributed by atoms with E-state index in [0.717, 1.165) is 12.6 Å².